The minimum Gasteiger partial charge on any atom is -0.387 e. The van der Waals surface area contributed by atoms with Crippen molar-refractivity contribution in [2.75, 3.05) is 6.54 Å². The maximum absolute atomic E-state index is 12.6. The second kappa shape index (κ2) is 4.07. The monoisotopic (exact) mass is 195 g/mol. The molecule has 0 saturated heterocycles. The molecular formula is C11H14FNO. The van der Waals surface area contributed by atoms with Crippen LogP contribution in [-0.4, -0.2) is 17.7 Å². The van der Waals surface area contributed by atoms with Gasteiger partial charge in [-0.05, 0) is 30.5 Å². The molecule has 0 spiro atoms. The summed E-state index contributed by atoms with van der Waals surface area (Å²) in [6.45, 7) is 0.552. The van der Waals surface area contributed by atoms with Crippen molar-refractivity contribution in [3.05, 3.63) is 35.6 Å². The Labute approximate surface area is 82.8 Å². The summed E-state index contributed by atoms with van der Waals surface area (Å²) in [5.41, 5.74) is 0.763. The van der Waals surface area contributed by atoms with Gasteiger partial charge in [0.1, 0.15) is 5.82 Å². The number of rotatable bonds is 4. The summed E-state index contributed by atoms with van der Waals surface area (Å²) in [5.74, 6) is -0.267. The second-order valence-corrected chi connectivity index (χ2v) is 3.75. The molecule has 1 aliphatic rings. The highest BCUT2D eigenvalue weighted by molar-refractivity contribution is 5.18. The van der Waals surface area contributed by atoms with Crippen LogP contribution in [0.25, 0.3) is 0 Å². The lowest BCUT2D eigenvalue weighted by atomic mass is 10.1. The zero-order chi connectivity index (χ0) is 9.97. The summed E-state index contributed by atoms with van der Waals surface area (Å²) < 4.78 is 12.6. The van der Waals surface area contributed by atoms with Crippen molar-refractivity contribution in [3.8, 4) is 0 Å². The van der Waals surface area contributed by atoms with Crippen LogP contribution < -0.4 is 5.32 Å². The lowest BCUT2D eigenvalue weighted by Gasteiger charge is -2.11. The van der Waals surface area contributed by atoms with Gasteiger partial charge in [0.25, 0.3) is 0 Å². The van der Waals surface area contributed by atoms with Crippen LogP contribution in [0.4, 0.5) is 4.39 Å². The molecule has 0 unspecified atom stereocenters. The molecule has 76 valence electrons. The van der Waals surface area contributed by atoms with Crippen molar-refractivity contribution in [1.82, 2.24) is 5.32 Å². The summed E-state index contributed by atoms with van der Waals surface area (Å²) in [7, 11) is 0. The number of aliphatic hydroxyl groups excluding tert-OH is 1. The Morgan fingerprint density at radius 3 is 2.57 bits per heavy atom. The topological polar surface area (TPSA) is 32.3 Å². The smallest absolute Gasteiger partial charge is 0.123 e. The minimum atomic E-state index is -0.531. The highest BCUT2D eigenvalue weighted by Gasteiger charge is 2.21. The fourth-order valence-corrected chi connectivity index (χ4v) is 1.37. The number of benzene rings is 1. The van der Waals surface area contributed by atoms with Gasteiger partial charge in [-0.3, -0.25) is 0 Å². The molecule has 1 saturated carbocycles. The molecule has 14 heavy (non-hydrogen) atoms. The van der Waals surface area contributed by atoms with Gasteiger partial charge in [0.05, 0.1) is 6.10 Å². The zero-order valence-electron chi connectivity index (χ0n) is 7.91. The van der Waals surface area contributed by atoms with Crippen LogP contribution >= 0.6 is 0 Å². The van der Waals surface area contributed by atoms with Crippen molar-refractivity contribution >= 4 is 0 Å². The van der Waals surface area contributed by atoms with E-state index in [4.69, 9.17) is 0 Å². The highest BCUT2D eigenvalue weighted by Crippen LogP contribution is 2.20. The molecule has 0 aromatic heterocycles. The Kier molecular flexibility index (Phi) is 2.79. The molecule has 0 bridgehead atoms. The predicted molar refractivity (Wildman–Crippen MR) is 52.4 cm³/mol. The summed E-state index contributed by atoms with van der Waals surface area (Å²) >= 11 is 0. The average Bonchev–Trinajstić information content (AvgIpc) is 2.99. The van der Waals surface area contributed by atoms with Crippen molar-refractivity contribution in [2.45, 2.75) is 25.0 Å². The lowest BCUT2D eigenvalue weighted by molar-refractivity contribution is 0.174. The maximum Gasteiger partial charge on any atom is 0.123 e. The van der Waals surface area contributed by atoms with Crippen LogP contribution in [0.5, 0.6) is 0 Å². The van der Waals surface area contributed by atoms with E-state index in [1.807, 2.05) is 0 Å². The van der Waals surface area contributed by atoms with E-state index in [2.05, 4.69) is 5.32 Å². The Morgan fingerprint density at radius 2 is 2.00 bits per heavy atom. The van der Waals surface area contributed by atoms with E-state index in [1.54, 1.807) is 12.1 Å². The summed E-state index contributed by atoms with van der Waals surface area (Å²) in [5, 5.41) is 12.9. The van der Waals surface area contributed by atoms with Gasteiger partial charge in [-0.1, -0.05) is 12.1 Å². The van der Waals surface area contributed by atoms with Crippen molar-refractivity contribution in [1.29, 1.82) is 0 Å². The van der Waals surface area contributed by atoms with Gasteiger partial charge in [0.2, 0.25) is 0 Å². The summed E-state index contributed by atoms with van der Waals surface area (Å²) in [6.07, 6.45) is 1.88. The molecule has 0 heterocycles. The second-order valence-electron chi connectivity index (χ2n) is 3.75. The third-order valence-corrected chi connectivity index (χ3v) is 2.43. The standard InChI is InChI=1S/C11H14FNO/c12-9-3-1-8(2-4-9)11(14)7-13-10-5-6-10/h1-4,10-11,13-14H,5-7H2/t11-/m1/s1. The van der Waals surface area contributed by atoms with Crippen LogP contribution in [0.1, 0.15) is 24.5 Å². The molecule has 1 aliphatic carbocycles. The van der Waals surface area contributed by atoms with E-state index in [9.17, 15) is 9.50 Å². The van der Waals surface area contributed by atoms with Crippen molar-refractivity contribution in [2.24, 2.45) is 0 Å². The van der Waals surface area contributed by atoms with Gasteiger partial charge in [0, 0.05) is 12.6 Å². The molecule has 1 aromatic rings. The summed E-state index contributed by atoms with van der Waals surface area (Å²) in [6, 6.07) is 6.57. The first-order chi connectivity index (χ1) is 6.75. The van der Waals surface area contributed by atoms with Crippen molar-refractivity contribution < 1.29 is 9.50 Å². The van der Waals surface area contributed by atoms with E-state index in [0.717, 1.165) is 5.56 Å². The Balaban J connectivity index is 1.88. The normalized spacial score (nSPS) is 18.1. The molecule has 2 rings (SSSR count). The molecule has 3 heteroatoms. The Bertz CT molecular complexity index is 295. The van der Waals surface area contributed by atoms with E-state index in [0.29, 0.717) is 12.6 Å². The average molecular weight is 195 g/mol. The third-order valence-electron chi connectivity index (χ3n) is 2.43. The van der Waals surface area contributed by atoms with E-state index >= 15 is 0 Å². The fourth-order valence-electron chi connectivity index (χ4n) is 1.37. The number of hydrogen-bond donors (Lipinski definition) is 2. The quantitative estimate of drug-likeness (QED) is 0.765. The fraction of sp³-hybridized carbons (Fsp3) is 0.455. The number of halogens is 1. The molecule has 2 nitrogen and oxygen atoms in total. The predicted octanol–water partition coefficient (Wildman–Crippen LogP) is 1.61. The number of hydrogen-bond acceptors (Lipinski definition) is 2. The first-order valence-electron chi connectivity index (χ1n) is 4.92. The minimum absolute atomic E-state index is 0.267. The molecule has 0 amide bonds. The van der Waals surface area contributed by atoms with Crippen LogP contribution in [0.2, 0.25) is 0 Å². The van der Waals surface area contributed by atoms with Crippen LogP contribution in [-0.2, 0) is 0 Å². The van der Waals surface area contributed by atoms with Gasteiger partial charge in [-0.2, -0.15) is 0 Å². The highest BCUT2D eigenvalue weighted by atomic mass is 19.1. The Hall–Kier alpha value is -0.930. The zero-order valence-corrected chi connectivity index (χ0v) is 7.91. The largest absolute Gasteiger partial charge is 0.387 e. The first kappa shape index (κ1) is 9.62. The molecule has 1 fully saturated rings. The van der Waals surface area contributed by atoms with Gasteiger partial charge >= 0.3 is 0 Å². The molecule has 1 aromatic carbocycles. The molecule has 1 atom stereocenters. The van der Waals surface area contributed by atoms with Crippen LogP contribution in [0, 0.1) is 5.82 Å². The van der Waals surface area contributed by atoms with Gasteiger partial charge < -0.3 is 10.4 Å². The van der Waals surface area contributed by atoms with Gasteiger partial charge in [-0.15, -0.1) is 0 Å². The lowest BCUT2D eigenvalue weighted by Crippen LogP contribution is -2.23. The third kappa shape index (κ3) is 2.53. The van der Waals surface area contributed by atoms with E-state index < -0.39 is 6.10 Å². The van der Waals surface area contributed by atoms with E-state index in [1.165, 1.54) is 25.0 Å². The first-order valence-corrected chi connectivity index (χ1v) is 4.92. The van der Waals surface area contributed by atoms with Gasteiger partial charge in [0.15, 0.2) is 0 Å². The van der Waals surface area contributed by atoms with Crippen LogP contribution in [0.15, 0.2) is 24.3 Å². The van der Waals surface area contributed by atoms with E-state index in [-0.39, 0.29) is 5.82 Å². The summed E-state index contributed by atoms with van der Waals surface area (Å²) in [4.78, 5) is 0. The maximum atomic E-state index is 12.6. The molecular weight excluding hydrogens is 181 g/mol. The Morgan fingerprint density at radius 1 is 1.36 bits per heavy atom. The SMILES string of the molecule is O[C@H](CNC1CC1)c1ccc(F)cc1. The number of aliphatic hydroxyl groups is 1. The molecule has 2 N–H and O–H groups in total. The van der Waals surface area contributed by atoms with Crippen LogP contribution in [0.3, 0.4) is 0 Å². The van der Waals surface area contributed by atoms with Gasteiger partial charge in [-0.25, -0.2) is 4.39 Å². The number of nitrogens with one attached hydrogen (secondary N) is 1. The molecule has 0 radical (unpaired) electrons. The van der Waals surface area contributed by atoms with Crippen molar-refractivity contribution in [3.63, 3.8) is 0 Å². The molecule has 0 aliphatic heterocycles.